The number of rotatable bonds is 10. The lowest BCUT2D eigenvalue weighted by Gasteiger charge is -2.22. The molecule has 3 aromatic rings. The molecule has 0 saturated heterocycles. The first-order chi connectivity index (χ1) is 18.0. The van der Waals surface area contributed by atoms with E-state index < -0.39 is 36.2 Å². The van der Waals surface area contributed by atoms with E-state index in [9.17, 15) is 24.3 Å². The molecule has 0 radical (unpaired) electrons. The lowest BCUT2D eigenvalue weighted by Crippen LogP contribution is -2.49. The second-order valence-electron chi connectivity index (χ2n) is 9.18. The van der Waals surface area contributed by atoms with Gasteiger partial charge in [-0.05, 0) is 26.3 Å². The number of carboxylic acid groups (broad SMARTS) is 1. The maximum atomic E-state index is 12.9. The van der Waals surface area contributed by atoms with E-state index in [4.69, 9.17) is 9.47 Å². The van der Waals surface area contributed by atoms with Crippen molar-refractivity contribution < 1.29 is 38.4 Å². The topological polar surface area (TPSA) is 180 Å². The Labute approximate surface area is 217 Å². The number of ether oxygens (including phenoxy) is 2. The van der Waals surface area contributed by atoms with Crippen LogP contribution in [0.5, 0.6) is 0 Å². The zero-order valence-corrected chi connectivity index (χ0v) is 21.3. The van der Waals surface area contributed by atoms with E-state index in [1.807, 2.05) is 30.3 Å². The first-order valence-electron chi connectivity index (χ1n) is 11.7. The number of fused-ring (bicyclic) bond motifs is 1. The molecule has 0 aliphatic rings. The average Bonchev–Trinajstić information content (AvgIpc) is 3.25. The summed E-state index contributed by atoms with van der Waals surface area (Å²) in [6, 6.07) is 9.17. The molecule has 0 unspecified atom stereocenters. The quantitative estimate of drug-likeness (QED) is 0.283. The van der Waals surface area contributed by atoms with Crippen LogP contribution in [0.4, 0.5) is 15.4 Å². The van der Waals surface area contributed by atoms with Crippen molar-refractivity contribution in [3.8, 4) is 0 Å². The molecule has 0 aliphatic carbocycles. The van der Waals surface area contributed by atoms with E-state index in [1.165, 1.54) is 17.2 Å². The van der Waals surface area contributed by atoms with Crippen molar-refractivity contribution in [2.45, 2.75) is 39.5 Å². The number of anilines is 1. The van der Waals surface area contributed by atoms with Gasteiger partial charge in [-0.2, -0.15) is 0 Å². The minimum atomic E-state index is -1.20. The van der Waals surface area contributed by atoms with Crippen molar-refractivity contribution in [3.63, 3.8) is 0 Å². The smallest absolute Gasteiger partial charge is 0.413 e. The summed E-state index contributed by atoms with van der Waals surface area (Å²) < 4.78 is 11.7. The third-order valence-electron chi connectivity index (χ3n) is 4.89. The first kappa shape index (κ1) is 27.8. The van der Waals surface area contributed by atoms with Gasteiger partial charge in [-0.1, -0.05) is 30.3 Å². The van der Waals surface area contributed by atoms with Gasteiger partial charge in [0.05, 0.1) is 0 Å². The number of H-pyrrole nitrogens is 1. The van der Waals surface area contributed by atoms with Crippen molar-refractivity contribution >= 4 is 40.9 Å². The lowest BCUT2D eigenvalue weighted by atomic mass is 10.2. The SMILES string of the molecule is CC(C)(C)OC(=O)NCCN(CC(=O)O)C(=O)C[n+]1cc2c(NC(=O)OCc3ccccc3)ncnc2[nH]1. The van der Waals surface area contributed by atoms with Crippen LogP contribution in [0.1, 0.15) is 26.3 Å². The van der Waals surface area contributed by atoms with E-state index in [1.54, 1.807) is 20.8 Å². The van der Waals surface area contributed by atoms with E-state index in [0.717, 1.165) is 10.5 Å². The molecule has 2 heterocycles. The number of benzene rings is 1. The molecule has 14 nitrogen and oxygen atoms in total. The Morgan fingerprint density at radius 1 is 1.11 bits per heavy atom. The third-order valence-corrected chi connectivity index (χ3v) is 4.89. The maximum absolute atomic E-state index is 12.9. The van der Waals surface area contributed by atoms with Gasteiger partial charge < -0.3 is 24.8 Å². The van der Waals surface area contributed by atoms with E-state index >= 15 is 0 Å². The van der Waals surface area contributed by atoms with Gasteiger partial charge in [-0.3, -0.25) is 14.9 Å². The fraction of sp³-hybridized carbons (Fsp3) is 0.375. The molecule has 0 bridgehead atoms. The summed E-state index contributed by atoms with van der Waals surface area (Å²) in [5.74, 6) is -1.57. The monoisotopic (exact) mass is 528 g/mol. The number of alkyl carbamates (subject to hydrolysis) is 1. The molecule has 0 aliphatic heterocycles. The molecular weight excluding hydrogens is 498 g/mol. The summed E-state index contributed by atoms with van der Waals surface area (Å²) in [6.07, 6.45) is 1.35. The number of amides is 3. The van der Waals surface area contributed by atoms with Gasteiger partial charge in [-0.15, -0.1) is 9.78 Å². The predicted octanol–water partition coefficient (Wildman–Crippen LogP) is 1.43. The first-order valence-corrected chi connectivity index (χ1v) is 11.7. The summed E-state index contributed by atoms with van der Waals surface area (Å²) in [4.78, 5) is 57.5. The number of aliphatic carboxylic acids is 1. The van der Waals surface area contributed by atoms with Gasteiger partial charge in [0.1, 0.15) is 30.5 Å². The van der Waals surface area contributed by atoms with Crippen LogP contribution in [-0.4, -0.2) is 74.4 Å². The molecule has 0 saturated carbocycles. The Kier molecular flexibility index (Phi) is 9.13. The molecular formula is C24H30N7O7+. The van der Waals surface area contributed by atoms with Gasteiger partial charge in [0.2, 0.25) is 18.4 Å². The molecule has 3 rings (SSSR count). The number of hydrogen-bond acceptors (Lipinski definition) is 8. The lowest BCUT2D eigenvalue weighted by molar-refractivity contribution is -0.737. The Balaban J connectivity index is 1.62. The van der Waals surface area contributed by atoms with Crippen molar-refractivity contribution in [3.05, 3.63) is 48.4 Å². The molecule has 1 aromatic carbocycles. The van der Waals surface area contributed by atoms with Crippen LogP contribution in [0.2, 0.25) is 0 Å². The van der Waals surface area contributed by atoms with Crippen molar-refractivity contribution in [1.29, 1.82) is 0 Å². The zero-order valence-electron chi connectivity index (χ0n) is 21.3. The number of hydrogen-bond donors (Lipinski definition) is 4. The van der Waals surface area contributed by atoms with Crippen molar-refractivity contribution in [1.82, 2.24) is 25.3 Å². The highest BCUT2D eigenvalue weighted by molar-refractivity contribution is 5.94. The number of carbonyl (C=O) groups excluding carboxylic acids is 3. The third kappa shape index (κ3) is 8.72. The molecule has 202 valence electrons. The molecule has 14 heteroatoms. The normalized spacial score (nSPS) is 11.0. The highest BCUT2D eigenvalue weighted by atomic mass is 16.6. The van der Waals surface area contributed by atoms with Gasteiger partial charge in [0.15, 0.2) is 5.82 Å². The van der Waals surface area contributed by atoms with Gasteiger partial charge in [0, 0.05) is 13.1 Å². The molecule has 2 aromatic heterocycles. The largest absolute Gasteiger partial charge is 0.480 e. The number of aromatic nitrogens is 4. The number of nitrogens with zero attached hydrogens (tertiary/aromatic N) is 4. The number of aromatic amines is 1. The molecule has 0 fully saturated rings. The van der Waals surface area contributed by atoms with Crippen LogP contribution in [0, 0.1) is 0 Å². The van der Waals surface area contributed by atoms with Gasteiger partial charge >= 0.3 is 18.2 Å². The highest BCUT2D eigenvalue weighted by Gasteiger charge is 2.24. The minimum absolute atomic E-state index is 0.00403. The Morgan fingerprint density at radius 3 is 2.53 bits per heavy atom. The van der Waals surface area contributed by atoms with E-state index in [2.05, 4.69) is 25.7 Å². The van der Waals surface area contributed by atoms with Crippen LogP contribution in [0.25, 0.3) is 11.0 Å². The van der Waals surface area contributed by atoms with E-state index in [-0.39, 0.29) is 32.1 Å². The predicted molar refractivity (Wildman–Crippen MR) is 133 cm³/mol. The van der Waals surface area contributed by atoms with Crippen molar-refractivity contribution in [2.75, 3.05) is 25.0 Å². The summed E-state index contributed by atoms with van der Waals surface area (Å²) >= 11 is 0. The summed E-state index contributed by atoms with van der Waals surface area (Å²) in [7, 11) is 0. The molecule has 0 spiro atoms. The Morgan fingerprint density at radius 2 is 1.84 bits per heavy atom. The molecule has 0 atom stereocenters. The zero-order chi connectivity index (χ0) is 27.7. The van der Waals surface area contributed by atoms with Crippen LogP contribution in [0.15, 0.2) is 42.9 Å². The standard InChI is InChI=1S/C24H29N7O7/c1-24(2,3)38-22(35)25-9-10-30(13-19(33)34)18(32)12-31-11-17-20(26-15-27-21(17)29-31)28-23(36)37-14-16-7-5-4-6-8-16/h4-8,11,15H,9-10,12-14H2,1-3H3,(H3,25,26,27,28,29,33,34,35,36)/p+1. The fourth-order valence-corrected chi connectivity index (χ4v) is 3.28. The minimum Gasteiger partial charge on any atom is -0.480 e. The maximum Gasteiger partial charge on any atom is 0.413 e. The molecule has 4 N–H and O–H groups in total. The van der Waals surface area contributed by atoms with E-state index in [0.29, 0.717) is 11.0 Å². The summed E-state index contributed by atoms with van der Waals surface area (Å²) in [5.41, 5.74) is 0.463. The second kappa shape index (κ2) is 12.5. The number of carbonyl (C=O) groups is 4. The highest BCUT2D eigenvalue weighted by Crippen LogP contribution is 2.16. The molecule has 38 heavy (non-hydrogen) atoms. The Hall–Kier alpha value is -4.75. The Bertz CT molecular complexity index is 1290. The van der Waals surface area contributed by atoms with Gasteiger partial charge in [-0.25, -0.2) is 19.6 Å². The fourth-order valence-electron chi connectivity index (χ4n) is 3.28. The average molecular weight is 529 g/mol. The summed E-state index contributed by atoms with van der Waals surface area (Å²) in [5, 5.41) is 17.6. The second-order valence-corrected chi connectivity index (χ2v) is 9.18. The van der Waals surface area contributed by atoms with Crippen LogP contribution in [0.3, 0.4) is 0 Å². The van der Waals surface area contributed by atoms with Crippen LogP contribution < -0.4 is 15.3 Å². The van der Waals surface area contributed by atoms with Gasteiger partial charge in [0.25, 0.3) is 5.91 Å². The van der Waals surface area contributed by atoms with Crippen LogP contribution >= 0.6 is 0 Å². The van der Waals surface area contributed by atoms with Crippen LogP contribution in [-0.2, 0) is 32.2 Å². The number of nitrogens with one attached hydrogen (secondary N) is 3. The van der Waals surface area contributed by atoms with Crippen molar-refractivity contribution in [2.24, 2.45) is 0 Å². The molecule has 3 amide bonds. The summed E-state index contributed by atoms with van der Waals surface area (Å²) in [6.45, 7) is 4.34. The number of carboxylic acids is 1.